The summed E-state index contributed by atoms with van der Waals surface area (Å²) >= 11 is 0. The van der Waals surface area contributed by atoms with Crippen LogP contribution in [0.15, 0.2) is 18.5 Å². The van der Waals surface area contributed by atoms with Crippen LogP contribution in [0.3, 0.4) is 0 Å². The summed E-state index contributed by atoms with van der Waals surface area (Å²) in [5.41, 5.74) is 1.51. The Balaban J connectivity index is 2.81. The first kappa shape index (κ1) is 8.74. The SMILES string of the molecule is CCc1ncnc2cc(O)c(O)cc12. The minimum absolute atomic E-state index is 0.137. The number of aryl methyl sites for hydroxylation is 1. The van der Waals surface area contributed by atoms with Crippen molar-refractivity contribution in [3.8, 4) is 11.5 Å². The number of aromatic nitrogens is 2. The lowest BCUT2D eigenvalue weighted by atomic mass is 10.1. The van der Waals surface area contributed by atoms with Crippen LogP contribution in [-0.2, 0) is 6.42 Å². The van der Waals surface area contributed by atoms with Crippen molar-refractivity contribution in [2.45, 2.75) is 13.3 Å². The van der Waals surface area contributed by atoms with Crippen molar-refractivity contribution in [2.75, 3.05) is 0 Å². The Morgan fingerprint density at radius 2 is 1.86 bits per heavy atom. The number of benzene rings is 1. The summed E-state index contributed by atoms with van der Waals surface area (Å²) in [6, 6.07) is 2.93. The summed E-state index contributed by atoms with van der Waals surface area (Å²) in [4.78, 5) is 8.10. The molecule has 1 aromatic heterocycles. The van der Waals surface area contributed by atoms with Gasteiger partial charge >= 0.3 is 0 Å². The highest BCUT2D eigenvalue weighted by molar-refractivity contribution is 5.84. The van der Waals surface area contributed by atoms with Crippen LogP contribution in [0.5, 0.6) is 11.5 Å². The van der Waals surface area contributed by atoms with Crippen LogP contribution >= 0.6 is 0 Å². The summed E-state index contributed by atoms with van der Waals surface area (Å²) < 4.78 is 0. The standard InChI is InChI=1S/C10H10N2O2/c1-2-7-6-3-9(13)10(14)4-8(6)12-5-11-7/h3-5,13-14H,2H2,1H3. The molecule has 0 unspecified atom stereocenters. The highest BCUT2D eigenvalue weighted by Crippen LogP contribution is 2.30. The fraction of sp³-hybridized carbons (Fsp3) is 0.200. The molecule has 0 radical (unpaired) electrons. The summed E-state index contributed by atoms with van der Waals surface area (Å²) in [7, 11) is 0. The molecule has 0 aliphatic rings. The molecule has 14 heavy (non-hydrogen) atoms. The largest absolute Gasteiger partial charge is 0.504 e. The van der Waals surface area contributed by atoms with Crippen LogP contribution in [-0.4, -0.2) is 20.2 Å². The molecule has 0 aliphatic carbocycles. The Kier molecular flexibility index (Phi) is 1.96. The molecule has 2 rings (SSSR count). The van der Waals surface area contributed by atoms with Gasteiger partial charge in [0.05, 0.1) is 11.2 Å². The maximum Gasteiger partial charge on any atom is 0.159 e. The van der Waals surface area contributed by atoms with E-state index < -0.39 is 0 Å². The van der Waals surface area contributed by atoms with Gasteiger partial charge in [0.15, 0.2) is 11.5 Å². The quantitative estimate of drug-likeness (QED) is 0.670. The molecule has 0 spiro atoms. The average Bonchev–Trinajstić information content (AvgIpc) is 2.19. The van der Waals surface area contributed by atoms with Crippen molar-refractivity contribution in [3.05, 3.63) is 24.2 Å². The van der Waals surface area contributed by atoms with Gasteiger partial charge in [-0.25, -0.2) is 9.97 Å². The number of phenolic OH excluding ortho intramolecular Hbond substituents is 2. The second-order valence-corrected chi connectivity index (χ2v) is 3.03. The van der Waals surface area contributed by atoms with E-state index in [0.717, 1.165) is 17.5 Å². The van der Waals surface area contributed by atoms with Gasteiger partial charge in [-0.1, -0.05) is 6.92 Å². The van der Waals surface area contributed by atoms with Gasteiger partial charge in [-0.3, -0.25) is 0 Å². The van der Waals surface area contributed by atoms with Crippen molar-refractivity contribution in [1.82, 2.24) is 9.97 Å². The van der Waals surface area contributed by atoms with Crippen molar-refractivity contribution in [2.24, 2.45) is 0 Å². The average molecular weight is 190 g/mol. The molecular formula is C10H10N2O2. The van der Waals surface area contributed by atoms with Crippen LogP contribution in [0.25, 0.3) is 10.9 Å². The van der Waals surface area contributed by atoms with E-state index in [4.69, 9.17) is 0 Å². The summed E-state index contributed by atoms with van der Waals surface area (Å²) in [6.45, 7) is 1.98. The third-order valence-corrected chi connectivity index (χ3v) is 2.15. The van der Waals surface area contributed by atoms with E-state index in [1.54, 1.807) is 0 Å². The number of rotatable bonds is 1. The molecule has 0 saturated carbocycles. The maximum atomic E-state index is 9.33. The third-order valence-electron chi connectivity index (χ3n) is 2.15. The number of hydrogen-bond donors (Lipinski definition) is 2. The van der Waals surface area contributed by atoms with E-state index in [1.807, 2.05) is 6.92 Å². The first-order valence-electron chi connectivity index (χ1n) is 4.38. The number of fused-ring (bicyclic) bond motifs is 1. The van der Waals surface area contributed by atoms with Crippen LogP contribution in [0.2, 0.25) is 0 Å². The lowest BCUT2D eigenvalue weighted by molar-refractivity contribution is 0.404. The minimum atomic E-state index is -0.154. The van der Waals surface area contributed by atoms with E-state index in [-0.39, 0.29) is 11.5 Å². The van der Waals surface area contributed by atoms with Crippen LogP contribution < -0.4 is 0 Å². The van der Waals surface area contributed by atoms with E-state index >= 15 is 0 Å². The van der Waals surface area contributed by atoms with E-state index in [9.17, 15) is 10.2 Å². The van der Waals surface area contributed by atoms with Gasteiger partial charge in [0.25, 0.3) is 0 Å². The second-order valence-electron chi connectivity index (χ2n) is 3.03. The molecule has 1 heterocycles. The van der Waals surface area contributed by atoms with Gasteiger partial charge in [0, 0.05) is 11.5 Å². The maximum absolute atomic E-state index is 9.33. The lowest BCUT2D eigenvalue weighted by Gasteiger charge is -2.04. The number of nitrogens with zero attached hydrogens (tertiary/aromatic N) is 2. The number of hydrogen-bond acceptors (Lipinski definition) is 4. The number of phenols is 2. The summed E-state index contributed by atoms with van der Waals surface area (Å²) in [5.74, 6) is -0.291. The molecule has 0 aliphatic heterocycles. The predicted molar refractivity (Wildman–Crippen MR) is 52.2 cm³/mol. The third kappa shape index (κ3) is 1.25. The number of aromatic hydroxyl groups is 2. The molecule has 4 nitrogen and oxygen atoms in total. The molecule has 0 amide bonds. The predicted octanol–water partition coefficient (Wildman–Crippen LogP) is 1.60. The smallest absolute Gasteiger partial charge is 0.159 e. The first-order valence-corrected chi connectivity index (χ1v) is 4.38. The van der Waals surface area contributed by atoms with Crippen LogP contribution in [0.4, 0.5) is 0 Å². The zero-order valence-electron chi connectivity index (χ0n) is 7.73. The Morgan fingerprint density at radius 3 is 2.57 bits per heavy atom. The molecule has 0 saturated heterocycles. The topological polar surface area (TPSA) is 66.2 Å². The zero-order valence-corrected chi connectivity index (χ0v) is 7.73. The molecule has 72 valence electrons. The molecule has 0 fully saturated rings. The van der Waals surface area contributed by atoms with E-state index in [0.29, 0.717) is 5.52 Å². The fourth-order valence-electron chi connectivity index (χ4n) is 1.42. The van der Waals surface area contributed by atoms with Gasteiger partial charge in [-0.05, 0) is 12.5 Å². The van der Waals surface area contributed by atoms with E-state index in [1.165, 1.54) is 18.5 Å². The Labute approximate surface area is 80.9 Å². The molecular weight excluding hydrogens is 180 g/mol. The molecule has 1 aromatic carbocycles. The monoisotopic (exact) mass is 190 g/mol. The van der Waals surface area contributed by atoms with Gasteiger partial charge < -0.3 is 10.2 Å². The molecule has 0 atom stereocenters. The highest BCUT2D eigenvalue weighted by Gasteiger charge is 2.06. The van der Waals surface area contributed by atoms with E-state index in [2.05, 4.69) is 9.97 Å². The lowest BCUT2D eigenvalue weighted by Crippen LogP contribution is -1.91. The molecule has 2 N–H and O–H groups in total. The Hall–Kier alpha value is -1.84. The van der Waals surface area contributed by atoms with Crippen molar-refractivity contribution < 1.29 is 10.2 Å². The van der Waals surface area contributed by atoms with Gasteiger partial charge in [-0.2, -0.15) is 0 Å². The molecule has 2 aromatic rings. The minimum Gasteiger partial charge on any atom is -0.504 e. The fourth-order valence-corrected chi connectivity index (χ4v) is 1.42. The van der Waals surface area contributed by atoms with Crippen LogP contribution in [0, 0.1) is 0 Å². The Bertz CT molecular complexity index is 483. The van der Waals surface area contributed by atoms with Gasteiger partial charge in [0.2, 0.25) is 0 Å². The molecule has 0 bridgehead atoms. The molecule has 4 heteroatoms. The highest BCUT2D eigenvalue weighted by atomic mass is 16.3. The van der Waals surface area contributed by atoms with Crippen molar-refractivity contribution >= 4 is 10.9 Å². The van der Waals surface area contributed by atoms with Crippen molar-refractivity contribution in [3.63, 3.8) is 0 Å². The van der Waals surface area contributed by atoms with Crippen molar-refractivity contribution in [1.29, 1.82) is 0 Å². The second kappa shape index (κ2) is 3.14. The summed E-state index contributed by atoms with van der Waals surface area (Å²) in [6.07, 6.45) is 2.22. The van der Waals surface area contributed by atoms with Gasteiger partial charge in [-0.15, -0.1) is 0 Å². The normalized spacial score (nSPS) is 10.6. The first-order chi connectivity index (χ1) is 6.72. The van der Waals surface area contributed by atoms with Gasteiger partial charge in [0.1, 0.15) is 6.33 Å². The Morgan fingerprint density at radius 1 is 1.14 bits per heavy atom. The zero-order chi connectivity index (χ0) is 10.1. The van der Waals surface area contributed by atoms with Crippen LogP contribution in [0.1, 0.15) is 12.6 Å². The summed E-state index contributed by atoms with van der Waals surface area (Å²) in [5, 5.41) is 19.4.